The van der Waals surface area contributed by atoms with Gasteiger partial charge in [0.05, 0.1) is 12.1 Å². The molecule has 0 spiro atoms. The van der Waals surface area contributed by atoms with Crippen molar-refractivity contribution in [2.75, 3.05) is 5.32 Å². The molecule has 0 saturated heterocycles. The number of hydrogen-bond donors (Lipinski definition) is 1. The second-order valence-corrected chi connectivity index (χ2v) is 6.63. The summed E-state index contributed by atoms with van der Waals surface area (Å²) in [5.74, 6) is 0.740. The Kier molecular flexibility index (Phi) is 3.90. The maximum atomic E-state index is 4.71. The Bertz CT molecular complexity index is 1290. The van der Waals surface area contributed by atoms with Crippen LogP contribution < -0.4 is 5.32 Å². The van der Waals surface area contributed by atoms with Gasteiger partial charge in [-0.15, -0.1) is 5.10 Å². The predicted octanol–water partition coefficient (Wildman–Crippen LogP) is 3.87. The van der Waals surface area contributed by atoms with Gasteiger partial charge in [-0.05, 0) is 55.0 Å². The quantitative estimate of drug-likeness (QED) is 0.519. The zero-order valence-electron chi connectivity index (χ0n) is 15.2. The highest BCUT2D eigenvalue weighted by Crippen LogP contribution is 2.19. The van der Waals surface area contributed by atoms with Crippen LogP contribution in [0.4, 0.5) is 11.5 Å². The second-order valence-electron chi connectivity index (χ2n) is 6.63. The number of fused-ring (bicyclic) bond motifs is 2. The van der Waals surface area contributed by atoms with E-state index in [0.717, 1.165) is 44.8 Å². The molecule has 0 bridgehead atoms. The van der Waals surface area contributed by atoms with Crippen LogP contribution in [0.25, 0.3) is 22.1 Å². The molecule has 0 aliphatic carbocycles. The molecule has 5 rings (SSSR count). The third-order valence-corrected chi connectivity index (χ3v) is 4.53. The number of nitrogens with one attached hydrogen (secondary N) is 1. The fourth-order valence-electron chi connectivity index (χ4n) is 3.20. The van der Waals surface area contributed by atoms with Crippen molar-refractivity contribution in [2.45, 2.75) is 13.5 Å². The van der Waals surface area contributed by atoms with Crippen LogP contribution in [0.1, 0.15) is 11.3 Å². The molecule has 0 atom stereocenters. The van der Waals surface area contributed by atoms with Crippen molar-refractivity contribution >= 4 is 33.6 Å². The third kappa shape index (κ3) is 3.14. The maximum Gasteiger partial charge on any atom is 0.180 e. The fourth-order valence-corrected chi connectivity index (χ4v) is 3.20. The largest absolute Gasteiger partial charge is 0.340 e. The number of nitrogens with zero attached hydrogens (tertiary/aromatic N) is 6. The van der Waals surface area contributed by atoms with Gasteiger partial charge in [0, 0.05) is 29.2 Å². The number of rotatable bonds is 4. The Morgan fingerprint density at radius 2 is 1.86 bits per heavy atom. The van der Waals surface area contributed by atoms with Gasteiger partial charge in [-0.25, -0.2) is 9.67 Å². The van der Waals surface area contributed by atoms with Gasteiger partial charge in [0.25, 0.3) is 0 Å². The third-order valence-electron chi connectivity index (χ3n) is 4.53. The first-order valence-electron chi connectivity index (χ1n) is 8.98. The first-order chi connectivity index (χ1) is 13.7. The summed E-state index contributed by atoms with van der Waals surface area (Å²) in [6.45, 7) is 2.55. The first-order valence-corrected chi connectivity index (χ1v) is 8.98. The number of aryl methyl sites for hydroxylation is 1. The minimum Gasteiger partial charge on any atom is -0.340 e. The first kappa shape index (κ1) is 16.3. The molecule has 0 radical (unpaired) electrons. The van der Waals surface area contributed by atoms with E-state index in [4.69, 9.17) is 4.98 Å². The standard InChI is InChI=1S/C21H17N7/c1-14-11-17(8-10-22-14)24-20-7-6-19-21(25-20)28(27-26-19)13-15-4-5-18-16(12-15)3-2-9-23-18/h2-12H,13H2,1H3,(H,22,24,25). The number of benzene rings is 1. The number of anilines is 2. The number of pyridine rings is 3. The van der Waals surface area contributed by atoms with E-state index in [1.807, 2.05) is 48.0 Å². The highest BCUT2D eigenvalue weighted by Gasteiger charge is 2.09. The normalized spacial score (nSPS) is 11.2. The molecule has 28 heavy (non-hydrogen) atoms. The van der Waals surface area contributed by atoms with Gasteiger partial charge in [-0.1, -0.05) is 17.3 Å². The molecule has 136 valence electrons. The summed E-state index contributed by atoms with van der Waals surface area (Å²) in [5, 5.41) is 12.9. The van der Waals surface area contributed by atoms with Crippen molar-refractivity contribution in [3.8, 4) is 0 Å². The van der Waals surface area contributed by atoms with Crippen LogP contribution in [0.15, 0.2) is 67.0 Å². The van der Waals surface area contributed by atoms with Crippen molar-refractivity contribution < 1.29 is 0 Å². The second kappa shape index (κ2) is 6.70. The van der Waals surface area contributed by atoms with Gasteiger partial charge in [0.15, 0.2) is 5.65 Å². The molecular formula is C21H17N7. The summed E-state index contributed by atoms with van der Waals surface area (Å²) in [5.41, 5.74) is 5.49. The van der Waals surface area contributed by atoms with Gasteiger partial charge in [0.2, 0.25) is 0 Å². The lowest BCUT2D eigenvalue weighted by Crippen LogP contribution is -2.04. The van der Waals surface area contributed by atoms with Crippen molar-refractivity contribution in [3.05, 3.63) is 78.2 Å². The molecule has 0 fully saturated rings. The summed E-state index contributed by atoms with van der Waals surface area (Å²) in [6, 6.07) is 17.9. The van der Waals surface area contributed by atoms with Crippen molar-refractivity contribution in [1.29, 1.82) is 0 Å². The van der Waals surface area contributed by atoms with Crippen molar-refractivity contribution in [3.63, 3.8) is 0 Å². The minimum absolute atomic E-state index is 0.589. The summed E-state index contributed by atoms with van der Waals surface area (Å²) >= 11 is 0. The summed E-state index contributed by atoms with van der Waals surface area (Å²) in [7, 11) is 0. The van der Waals surface area contributed by atoms with E-state index in [1.165, 1.54) is 0 Å². The van der Waals surface area contributed by atoms with Crippen LogP contribution in [-0.2, 0) is 6.54 Å². The predicted molar refractivity (Wildman–Crippen MR) is 108 cm³/mol. The van der Waals surface area contributed by atoms with Crippen LogP contribution in [-0.4, -0.2) is 29.9 Å². The van der Waals surface area contributed by atoms with Crippen LogP contribution >= 0.6 is 0 Å². The zero-order chi connectivity index (χ0) is 18.9. The van der Waals surface area contributed by atoms with Gasteiger partial charge in [-0.2, -0.15) is 0 Å². The van der Waals surface area contributed by atoms with Crippen molar-refractivity contribution in [1.82, 2.24) is 29.9 Å². The highest BCUT2D eigenvalue weighted by atomic mass is 15.4. The van der Waals surface area contributed by atoms with E-state index in [0.29, 0.717) is 6.54 Å². The van der Waals surface area contributed by atoms with E-state index in [9.17, 15) is 0 Å². The Morgan fingerprint density at radius 1 is 0.929 bits per heavy atom. The Morgan fingerprint density at radius 3 is 2.79 bits per heavy atom. The molecular weight excluding hydrogens is 350 g/mol. The smallest absolute Gasteiger partial charge is 0.180 e. The SMILES string of the molecule is Cc1cc(Nc2ccc3nnn(Cc4ccc5ncccc5c4)c3n2)ccn1. The summed E-state index contributed by atoms with van der Waals surface area (Å²) < 4.78 is 1.82. The average molecular weight is 367 g/mol. The Hall–Kier alpha value is -3.87. The molecule has 0 aliphatic rings. The van der Waals surface area contributed by atoms with Gasteiger partial charge in [-0.3, -0.25) is 9.97 Å². The van der Waals surface area contributed by atoms with E-state index < -0.39 is 0 Å². The van der Waals surface area contributed by atoms with Gasteiger partial charge in [0.1, 0.15) is 11.3 Å². The van der Waals surface area contributed by atoms with E-state index in [1.54, 1.807) is 12.4 Å². The van der Waals surface area contributed by atoms with E-state index in [2.05, 4.69) is 43.8 Å². The van der Waals surface area contributed by atoms with Crippen LogP contribution in [0.2, 0.25) is 0 Å². The number of hydrogen-bond acceptors (Lipinski definition) is 6. The molecule has 0 aliphatic heterocycles. The summed E-state index contributed by atoms with van der Waals surface area (Å²) in [4.78, 5) is 13.3. The zero-order valence-corrected chi connectivity index (χ0v) is 15.2. The average Bonchev–Trinajstić information content (AvgIpc) is 3.10. The summed E-state index contributed by atoms with van der Waals surface area (Å²) in [6.07, 6.45) is 3.58. The lowest BCUT2D eigenvalue weighted by Gasteiger charge is -2.07. The maximum absolute atomic E-state index is 4.71. The van der Waals surface area contributed by atoms with Gasteiger partial charge < -0.3 is 5.32 Å². The molecule has 5 aromatic rings. The molecule has 0 unspecified atom stereocenters. The fraction of sp³-hybridized carbons (Fsp3) is 0.0952. The lowest BCUT2D eigenvalue weighted by molar-refractivity contribution is 0.665. The Balaban J connectivity index is 1.47. The molecule has 1 aromatic carbocycles. The molecule has 1 N–H and O–H groups in total. The van der Waals surface area contributed by atoms with E-state index >= 15 is 0 Å². The van der Waals surface area contributed by atoms with E-state index in [-0.39, 0.29) is 0 Å². The van der Waals surface area contributed by atoms with Crippen LogP contribution in [0, 0.1) is 6.92 Å². The van der Waals surface area contributed by atoms with Crippen molar-refractivity contribution in [2.24, 2.45) is 0 Å². The molecule has 0 amide bonds. The highest BCUT2D eigenvalue weighted by molar-refractivity contribution is 5.79. The lowest BCUT2D eigenvalue weighted by atomic mass is 10.1. The topological polar surface area (TPSA) is 81.4 Å². The molecule has 4 heterocycles. The van der Waals surface area contributed by atoms with Gasteiger partial charge >= 0.3 is 0 Å². The molecule has 7 nitrogen and oxygen atoms in total. The van der Waals surface area contributed by atoms with Crippen LogP contribution in [0.5, 0.6) is 0 Å². The Labute approximate surface area is 161 Å². The van der Waals surface area contributed by atoms with Crippen LogP contribution in [0.3, 0.4) is 0 Å². The minimum atomic E-state index is 0.589. The number of aromatic nitrogens is 6. The molecule has 7 heteroatoms. The monoisotopic (exact) mass is 367 g/mol. The molecule has 0 saturated carbocycles. The molecule has 4 aromatic heterocycles.